The van der Waals surface area contributed by atoms with Crippen molar-refractivity contribution in [3.05, 3.63) is 0 Å². The Morgan fingerprint density at radius 3 is 2.79 bits per heavy atom. The molecule has 0 bridgehead atoms. The third kappa shape index (κ3) is 4.29. The molecule has 3 nitrogen and oxygen atoms in total. The highest BCUT2D eigenvalue weighted by atomic mass is 35.5. The highest BCUT2D eigenvalue weighted by Gasteiger charge is 2.20. The molecule has 14 heavy (non-hydrogen) atoms. The second-order valence-electron chi connectivity index (χ2n) is 3.74. The first-order chi connectivity index (χ1) is 6.24. The van der Waals surface area contributed by atoms with E-state index in [-0.39, 0.29) is 18.8 Å². The van der Waals surface area contributed by atoms with Crippen molar-refractivity contribution < 1.29 is 9.90 Å². The van der Waals surface area contributed by atoms with Crippen LogP contribution in [-0.4, -0.2) is 35.1 Å². The quantitative estimate of drug-likeness (QED) is 0.791. The molecule has 4 heteroatoms. The van der Waals surface area contributed by atoms with E-state index in [0.29, 0.717) is 6.04 Å². The van der Waals surface area contributed by atoms with Crippen LogP contribution in [0.2, 0.25) is 0 Å². The standard InChI is InChI=1S/C10H19NO2.ClH/c1-2-9-5-3-4-7-11(9)8-6-10(12)13;/h9H,2-8H2,1H3,(H,12,13);1H. The van der Waals surface area contributed by atoms with Gasteiger partial charge < -0.3 is 5.11 Å². The van der Waals surface area contributed by atoms with Crippen molar-refractivity contribution in [3.63, 3.8) is 0 Å². The molecule has 84 valence electrons. The van der Waals surface area contributed by atoms with E-state index in [1.807, 2.05) is 0 Å². The van der Waals surface area contributed by atoms with Gasteiger partial charge in [0.15, 0.2) is 0 Å². The smallest absolute Gasteiger partial charge is 0.304 e. The van der Waals surface area contributed by atoms with Gasteiger partial charge in [-0.05, 0) is 25.8 Å². The van der Waals surface area contributed by atoms with Crippen LogP contribution in [0, 0.1) is 0 Å². The topological polar surface area (TPSA) is 40.5 Å². The molecular weight excluding hydrogens is 202 g/mol. The Hall–Kier alpha value is -0.280. The Bertz CT molecular complexity index is 176. The number of carboxylic acids is 1. The fourth-order valence-corrected chi connectivity index (χ4v) is 2.06. The number of aliphatic carboxylic acids is 1. The minimum atomic E-state index is -0.680. The fraction of sp³-hybridized carbons (Fsp3) is 0.900. The van der Waals surface area contributed by atoms with Gasteiger partial charge in [0.05, 0.1) is 6.42 Å². The summed E-state index contributed by atoms with van der Waals surface area (Å²) in [5, 5.41) is 8.58. The highest BCUT2D eigenvalue weighted by molar-refractivity contribution is 5.85. The van der Waals surface area contributed by atoms with Gasteiger partial charge in [-0.25, -0.2) is 0 Å². The lowest BCUT2D eigenvalue weighted by Crippen LogP contribution is -2.40. The number of rotatable bonds is 4. The van der Waals surface area contributed by atoms with Crippen LogP contribution in [0.3, 0.4) is 0 Å². The van der Waals surface area contributed by atoms with Crippen molar-refractivity contribution in [1.29, 1.82) is 0 Å². The summed E-state index contributed by atoms with van der Waals surface area (Å²) < 4.78 is 0. The monoisotopic (exact) mass is 221 g/mol. The van der Waals surface area contributed by atoms with E-state index in [1.165, 1.54) is 19.3 Å². The van der Waals surface area contributed by atoms with E-state index in [4.69, 9.17) is 5.11 Å². The van der Waals surface area contributed by atoms with Gasteiger partial charge in [0, 0.05) is 12.6 Å². The highest BCUT2D eigenvalue weighted by Crippen LogP contribution is 2.19. The largest absolute Gasteiger partial charge is 0.481 e. The van der Waals surface area contributed by atoms with Gasteiger partial charge in [-0.3, -0.25) is 9.69 Å². The number of likely N-dealkylation sites (tertiary alicyclic amines) is 1. The molecule has 1 fully saturated rings. The van der Waals surface area contributed by atoms with Gasteiger partial charge in [0.2, 0.25) is 0 Å². The summed E-state index contributed by atoms with van der Waals surface area (Å²) in [5.74, 6) is -0.680. The maximum Gasteiger partial charge on any atom is 0.304 e. The van der Waals surface area contributed by atoms with Crippen LogP contribution in [0.4, 0.5) is 0 Å². The number of hydrogen-bond acceptors (Lipinski definition) is 2. The molecular formula is C10H20ClNO2. The van der Waals surface area contributed by atoms with Gasteiger partial charge in [0.1, 0.15) is 0 Å². The van der Waals surface area contributed by atoms with Crippen molar-refractivity contribution in [1.82, 2.24) is 4.90 Å². The molecule has 0 aromatic carbocycles. The zero-order chi connectivity index (χ0) is 9.68. The Morgan fingerprint density at radius 2 is 2.21 bits per heavy atom. The Labute approximate surface area is 91.9 Å². The molecule has 0 saturated carbocycles. The molecule has 1 rings (SSSR count). The number of piperidine rings is 1. The third-order valence-electron chi connectivity index (χ3n) is 2.83. The predicted molar refractivity (Wildman–Crippen MR) is 59.0 cm³/mol. The normalized spacial score (nSPS) is 22.8. The maximum atomic E-state index is 10.4. The number of carboxylic acid groups (broad SMARTS) is 1. The van der Waals surface area contributed by atoms with Gasteiger partial charge in [-0.2, -0.15) is 0 Å². The van der Waals surface area contributed by atoms with E-state index in [0.717, 1.165) is 19.5 Å². The first kappa shape index (κ1) is 13.7. The SMILES string of the molecule is CCC1CCCCN1CCC(=O)O.Cl. The zero-order valence-corrected chi connectivity index (χ0v) is 9.55. The molecule has 1 N–H and O–H groups in total. The van der Waals surface area contributed by atoms with Crippen LogP contribution in [0.15, 0.2) is 0 Å². The summed E-state index contributed by atoms with van der Waals surface area (Å²) in [5.41, 5.74) is 0. The number of carbonyl (C=O) groups is 1. The lowest BCUT2D eigenvalue weighted by atomic mass is 10.00. The molecule has 0 spiro atoms. The Kier molecular flexibility index (Phi) is 6.93. The van der Waals surface area contributed by atoms with Crippen molar-refractivity contribution in [2.75, 3.05) is 13.1 Å². The Balaban J connectivity index is 0.00000169. The first-order valence-electron chi connectivity index (χ1n) is 5.20. The van der Waals surface area contributed by atoms with Crippen molar-refractivity contribution in [2.24, 2.45) is 0 Å². The van der Waals surface area contributed by atoms with Gasteiger partial charge in [-0.15, -0.1) is 12.4 Å². The van der Waals surface area contributed by atoms with E-state index in [1.54, 1.807) is 0 Å². The lowest BCUT2D eigenvalue weighted by molar-refractivity contribution is -0.137. The second kappa shape index (κ2) is 7.07. The Morgan fingerprint density at radius 1 is 1.50 bits per heavy atom. The first-order valence-corrected chi connectivity index (χ1v) is 5.20. The minimum Gasteiger partial charge on any atom is -0.481 e. The average molecular weight is 222 g/mol. The third-order valence-corrected chi connectivity index (χ3v) is 2.83. The van der Waals surface area contributed by atoms with Gasteiger partial charge in [-0.1, -0.05) is 13.3 Å². The minimum absolute atomic E-state index is 0. The lowest BCUT2D eigenvalue weighted by Gasteiger charge is -2.34. The summed E-state index contributed by atoms with van der Waals surface area (Å²) in [6.45, 7) is 4.00. The average Bonchev–Trinajstić information content (AvgIpc) is 2.15. The summed E-state index contributed by atoms with van der Waals surface area (Å²) in [7, 11) is 0. The van der Waals surface area contributed by atoms with Gasteiger partial charge >= 0.3 is 5.97 Å². The molecule has 0 radical (unpaired) electrons. The zero-order valence-electron chi connectivity index (χ0n) is 8.74. The molecule has 1 aliphatic rings. The molecule has 1 heterocycles. The molecule has 0 aromatic heterocycles. The van der Waals surface area contributed by atoms with E-state index in [2.05, 4.69) is 11.8 Å². The predicted octanol–water partition coefficient (Wildman–Crippen LogP) is 2.15. The van der Waals surface area contributed by atoms with Crippen molar-refractivity contribution >= 4 is 18.4 Å². The van der Waals surface area contributed by atoms with E-state index in [9.17, 15) is 4.79 Å². The number of halogens is 1. The molecule has 0 aliphatic carbocycles. The number of hydrogen-bond donors (Lipinski definition) is 1. The summed E-state index contributed by atoms with van der Waals surface area (Å²) in [6, 6.07) is 0.632. The van der Waals surface area contributed by atoms with Crippen LogP contribution < -0.4 is 0 Å². The summed E-state index contributed by atoms with van der Waals surface area (Å²) >= 11 is 0. The molecule has 0 aromatic rings. The van der Waals surface area contributed by atoms with Crippen molar-refractivity contribution in [2.45, 2.75) is 45.1 Å². The summed E-state index contributed by atoms with van der Waals surface area (Å²) in [4.78, 5) is 12.7. The van der Waals surface area contributed by atoms with Crippen LogP contribution in [0.25, 0.3) is 0 Å². The maximum absolute atomic E-state index is 10.4. The summed E-state index contributed by atoms with van der Waals surface area (Å²) in [6.07, 6.45) is 5.23. The fourth-order valence-electron chi connectivity index (χ4n) is 2.06. The number of nitrogens with zero attached hydrogens (tertiary/aromatic N) is 1. The molecule has 1 aliphatic heterocycles. The van der Waals surface area contributed by atoms with Crippen LogP contribution in [0.1, 0.15) is 39.0 Å². The van der Waals surface area contributed by atoms with Gasteiger partial charge in [0.25, 0.3) is 0 Å². The van der Waals surface area contributed by atoms with Crippen LogP contribution >= 0.6 is 12.4 Å². The molecule has 1 unspecified atom stereocenters. The van der Waals surface area contributed by atoms with Crippen LogP contribution in [0.5, 0.6) is 0 Å². The van der Waals surface area contributed by atoms with Crippen molar-refractivity contribution in [3.8, 4) is 0 Å². The molecule has 1 atom stereocenters. The second-order valence-corrected chi connectivity index (χ2v) is 3.74. The van der Waals surface area contributed by atoms with E-state index >= 15 is 0 Å². The molecule has 1 saturated heterocycles. The van der Waals surface area contributed by atoms with Crippen LogP contribution in [-0.2, 0) is 4.79 Å². The van der Waals surface area contributed by atoms with E-state index < -0.39 is 5.97 Å². The molecule has 0 amide bonds.